The van der Waals surface area contributed by atoms with Crippen LogP contribution in [0.15, 0.2) is 50.8 Å². The number of halogens is 2. The maximum atomic E-state index is 13.1. The third kappa shape index (κ3) is 5.75. The number of hydrogen-bond acceptors (Lipinski definition) is 6. The number of rotatable bonds is 7. The molecule has 32 heavy (non-hydrogen) atoms. The molecule has 0 saturated carbocycles. The summed E-state index contributed by atoms with van der Waals surface area (Å²) in [6, 6.07) is 10.4. The Hall–Kier alpha value is -2.71. The number of esters is 1. The van der Waals surface area contributed by atoms with E-state index in [1.165, 1.54) is 10.9 Å². The molecule has 0 fully saturated rings. The summed E-state index contributed by atoms with van der Waals surface area (Å²) in [5.74, 6) is 0.410. The van der Waals surface area contributed by atoms with E-state index in [4.69, 9.17) is 21.1 Å². The molecule has 0 aliphatic rings. The Bertz CT molecular complexity index is 1240. The van der Waals surface area contributed by atoms with Crippen LogP contribution in [0.4, 0.5) is 0 Å². The van der Waals surface area contributed by atoms with E-state index in [1.54, 1.807) is 44.2 Å². The maximum absolute atomic E-state index is 13.1. The Labute approximate surface area is 199 Å². The van der Waals surface area contributed by atoms with Crippen molar-refractivity contribution in [3.8, 4) is 5.75 Å². The second kappa shape index (κ2) is 10.3. The number of carbonyl (C=O) groups is 1. The van der Waals surface area contributed by atoms with Crippen LogP contribution in [0.1, 0.15) is 45.0 Å². The molecule has 0 bridgehead atoms. The zero-order valence-corrected chi connectivity index (χ0v) is 20.5. The van der Waals surface area contributed by atoms with E-state index < -0.39 is 5.97 Å². The number of fused-ring (bicyclic) bond motifs is 1. The summed E-state index contributed by atoms with van der Waals surface area (Å²) >= 11 is 9.68. The normalized spacial score (nSPS) is 11.6. The molecule has 1 heterocycles. The minimum absolute atomic E-state index is 0.0159. The van der Waals surface area contributed by atoms with Crippen LogP contribution in [0.3, 0.4) is 0 Å². The highest BCUT2D eigenvalue weighted by atomic mass is 79.9. The Morgan fingerprint density at radius 2 is 1.97 bits per heavy atom. The third-order valence-electron chi connectivity index (χ3n) is 4.34. The number of nitrogens with zero attached hydrogens (tertiary/aromatic N) is 3. The first-order chi connectivity index (χ1) is 15.2. The lowest BCUT2D eigenvalue weighted by atomic mass is 10.2. The third-order valence-corrected chi connectivity index (χ3v) is 5.13. The molecule has 0 atom stereocenters. The molecule has 0 N–H and O–H groups in total. The number of aromatic nitrogens is 2. The minimum Gasteiger partial charge on any atom is -0.480 e. The fourth-order valence-corrected chi connectivity index (χ4v) is 3.53. The van der Waals surface area contributed by atoms with Crippen LogP contribution in [0.5, 0.6) is 5.75 Å². The standard InChI is InChI=1S/C23H23BrClN3O4/c1-13(2)22-27-19-7-6-16(24)10-17(19)23(30)28(22)26-11-15-5-8-20(18(25)9-15)31-12-21(29)32-14(3)4/h5-11,13-14H,12H2,1-4H3. The van der Waals surface area contributed by atoms with Crippen molar-refractivity contribution in [1.82, 2.24) is 9.66 Å². The predicted octanol–water partition coefficient (Wildman–Crippen LogP) is 5.15. The molecule has 9 heteroatoms. The summed E-state index contributed by atoms with van der Waals surface area (Å²) in [5.41, 5.74) is 1.02. The van der Waals surface area contributed by atoms with Gasteiger partial charge in [-0.1, -0.05) is 41.4 Å². The van der Waals surface area contributed by atoms with Crippen LogP contribution in [0.25, 0.3) is 10.9 Å². The number of ether oxygens (including phenoxy) is 2. The largest absolute Gasteiger partial charge is 0.480 e. The van der Waals surface area contributed by atoms with Gasteiger partial charge in [-0.25, -0.2) is 9.78 Å². The van der Waals surface area contributed by atoms with Gasteiger partial charge in [-0.3, -0.25) is 4.79 Å². The van der Waals surface area contributed by atoms with Gasteiger partial charge in [-0.15, -0.1) is 0 Å². The van der Waals surface area contributed by atoms with Crippen molar-refractivity contribution in [2.24, 2.45) is 5.10 Å². The summed E-state index contributed by atoms with van der Waals surface area (Å²) in [4.78, 5) is 29.3. The number of benzene rings is 2. The van der Waals surface area contributed by atoms with Gasteiger partial charge in [0, 0.05) is 10.4 Å². The number of carbonyl (C=O) groups excluding carboxylic acids is 1. The van der Waals surface area contributed by atoms with Gasteiger partial charge in [0.1, 0.15) is 11.6 Å². The van der Waals surface area contributed by atoms with E-state index in [9.17, 15) is 9.59 Å². The summed E-state index contributed by atoms with van der Waals surface area (Å²) in [5, 5.41) is 5.16. The Morgan fingerprint density at radius 3 is 2.62 bits per heavy atom. The Morgan fingerprint density at radius 1 is 1.22 bits per heavy atom. The predicted molar refractivity (Wildman–Crippen MR) is 129 cm³/mol. The second-order valence-electron chi connectivity index (χ2n) is 7.66. The zero-order valence-electron chi connectivity index (χ0n) is 18.1. The van der Waals surface area contributed by atoms with Gasteiger partial charge in [-0.2, -0.15) is 9.78 Å². The average molecular weight is 521 g/mol. The van der Waals surface area contributed by atoms with Gasteiger partial charge >= 0.3 is 5.97 Å². The van der Waals surface area contributed by atoms with Crippen molar-refractivity contribution >= 4 is 50.6 Å². The first-order valence-corrected chi connectivity index (χ1v) is 11.2. The van der Waals surface area contributed by atoms with Gasteiger partial charge in [0.05, 0.1) is 28.2 Å². The van der Waals surface area contributed by atoms with Crippen LogP contribution in [-0.4, -0.2) is 34.6 Å². The zero-order chi connectivity index (χ0) is 23.4. The molecule has 0 radical (unpaired) electrons. The van der Waals surface area contributed by atoms with E-state index in [1.807, 2.05) is 19.9 Å². The van der Waals surface area contributed by atoms with Crippen molar-refractivity contribution in [3.63, 3.8) is 0 Å². The van der Waals surface area contributed by atoms with E-state index >= 15 is 0 Å². The van der Waals surface area contributed by atoms with Crippen molar-refractivity contribution in [1.29, 1.82) is 0 Å². The number of hydrogen-bond donors (Lipinski definition) is 0. The van der Waals surface area contributed by atoms with Gasteiger partial charge in [0.15, 0.2) is 6.61 Å². The molecule has 7 nitrogen and oxygen atoms in total. The van der Waals surface area contributed by atoms with Crippen LogP contribution < -0.4 is 10.3 Å². The molecule has 0 aliphatic carbocycles. The molecule has 3 aromatic rings. The highest BCUT2D eigenvalue weighted by molar-refractivity contribution is 9.10. The van der Waals surface area contributed by atoms with Gasteiger partial charge in [0.2, 0.25) is 0 Å². The smallest absolute Gasteiger partial charge is 0.344 e. The van der Waals surface area contributed by atoms with Crippen molar-refractivity contribution in [2.75, 3.05) is 6.61 Å². The fourth-order valence-electron chi connectivity index (χ4n) is 2.92. The Kier molecular flexibility index (Phi) is 7.69. The molecular weight excluding hydrogens is 498 g/mol. The fraction of sp³-hybridized carbons (Fsp3) is 0.304. The summed E-state index contributed by atoms with van der Waals surface area (Å²) in [7, 11) is 0. The molecular formula is C23H23BrClN3O4. The molecule has 0 unspecified atom stereocenters. The molecule has 3 rings (SSSR count). The first kappa shape index (κ1) is 23.9. The molecule has 0 aliphatic heterocycles. The SMILES string of the molecule is CC(C)OC(=O)COc1ccc(C=Nn2c(C(C)C)nc3ccc(Br)cc3c2=O)cc1Cl. The van der Waals surface area contributed by atoms with E-state index in [2.05, 4.69) is 26.0 Å². The van der Waals surface area contributed by atoms with E-state index in [0.29, 0.717) is 33.1 Å². The molecule has 0 spiro atoms. The topological polar surface area (TPSA) is 82.8 Å². The lowest BCUT2D eigenvalue weighted by molar-refractivity contribution is -0.149. The molecule has 168 valence electrons. The monoisotopic (exact) mass is 519 g/mol. The molecule has 1 aromatic heterocycles. The molecule has 2 aromatic carbocycles. The Balaban J connectivity index is 1.88. The maximum Gasteiger partial charge on any atom is 0.344 e. The highest BCUT2D eigenvalue weighted by Crippen LogP contribution is 2.25. The lowest BCUT2D eigenvalue weighted by Crippen LogP contribution is -2.23. The molecule has 0 saturated heterocycles. The van der Waals surface area contributed by atoms with Gasteiger partial charge in [0.25, 0.3) is 5.56 Å². The van der Waals surface area contributed by atoms with Crippen molar-refractivity contribution in [2.45, 2.75) is 39.7 Å². The van der Waals surface area contributed by atoms with Crippen LogP contribution in [0.2, 0.25) is 5.02 Å². The summed E-state index contributed by atoms with van der Waals surface area (Å²) < 4.78 is 12.6. The van der Waals surface area contributed by atoms with Crippen LogP contribution in [0, 0.1) is 0 Å². The highest BCUT2D eigenvalue weighted by Gasteiger charge is 2.14. The van der Waals surface area contributed by atoms with Crippen molar-refractivity contribution < 1.29 is 14.3 Å². The minimum atomic E-state index is -0.474. The van der Waals surface area contributed by atoms with Crippen molar-refractivity contribution in [3.05, 3.63) is 67.6 Å². The molecule has 0 amide bonds. The lowest BCUT2D eigenvalue weighted by Gasteiger charge is -2.12. The van der Waals surface area contributed by atoms with E-state index in [-0.39, 0.29) is 24.2 Å². The first-order valence-electron chi connectivity index (χ1n) is 10.0. The van der Waals surface area contributed by atoms with E-state index in [0.717, 1.165) is 4.47 Å². The average Bonchev–Trinajstić information content (AvgIpc) is 2.72. The van der Waals surface area contributed by atoms with Gasteiger partial charge < -0.3 is 9.47 Å². The van der Waals surface area contributed by atoms with Crippen LogP contribution >= 0.6 is 27.5 Å². The quantitative estimate of drug-likeness (QED) is 0.318. The summed E-state index contributed by atoms with van der Waals surface area (Å²) in [6.45, 7) is 7.19. The van der Waals surface area contributed by atoms with Gasteiger partial charge in [-0.05, 0) is 55.8 Å². The van der Waals surface area contributed by atoms with Crippen LogP contribution in [-0.2, 0) is 9.53 Å². The second-order valence-corrected chi connectivity index (χ2v) is 8.99. The summed E-state index contributed by atoms with van der Waals surface area (Å²) in [6.07, 6.45) is 1.31.